The number of nitrogen functional groups attached to an aromatic ring is 1. The molecule has 14 nitrogen and oxygen atoms in total. The second-order valence-electron chi connectivity index (χ2n) is 8.80. The number of aromatic nitrogens is 4. The minimum absolute atomic E-state index is 0.0140. The highest BCUT2D eigenvalue weighted by molar-refractivity contribution is 5.97. The summed E-state index contributed by atoms with van der Waals surface area (Å²) in [5.74, 6) is -4.30. The van der Waals surface area contributed by atoms with Gasteiger partial charge in [-0.1, -0.05) is 18.2 Å². The summed E-state index contributed by atoms with van der Waals surface area (Å²) in [6.45, 7) is 0.201. The van der Waals surface area contributed by atoms with Crippen molar-refractivity contribution in [2.45, 2.75) is 19.0 Å². The molecule has 0 saturated heterocycles. The average molecular weight is 547 g/mol. The van der Waals surface area contributed by atoms with E-state index < -0.39 is 35.4 Å². The van der Waals surface area contributed by atoms with Crippen molar-refractivity contribution >= 4 is 46.3 Å². The van der Waals surface area contributed by atoms with E-state index >= 15 is 0 Å². The molecule has 0 aliphatic carbocycles. The van der Waals surface area contributed by atoms with Crippen LogP contribution in [0.1, 0.15) is 22.5 Å². The number of H-pyrrole nitrogens is 1. The van der Waals surface area contributed by atoms with Gasteiger partial charge >= 0.3 is 11.9 Å². The van der Waals surface area contributed by atoms with Crippen LogP contribution in [0.25, 0.3) is 11.2 Å². The number of nitrogens with zero attached hydrogens (tertiary/aromatic N) is 3. The summed E-state index contributed by atoms with van der Waals surface area (Å²) in [5, 5.41) is 27.7. The van der Waals surface area contributed by atoms with Gasteiger partial charge in [0.05, 0.1) is 24.4 Å². The van der Waals surface area contributed by atoms with Gasteiger partial charge in [-0.25, -0.2) is 14.8 Å². The van der Waals surface area contributed by atoms with E-state index in [9.17, 15) is 29.4 Å². The lowest BCUT2D eigenvalue weighted by Gasteiger charge is -2.20. The second kappa shape index (κ2) is 12.3. The van der Waals surface area contributed by atoms with Gasteiger partial charge in [-0.15, -0.1) is 0 Å². The summed E-state index contributed by atoms with van der Waals surface area (Å²) in [5.41, 5.74) is 7.15. The minimum atomic E-state index is -1.41. The molecule has 0 aliphatic rings. The van der Waals surface area contributed by atoms with Crippen molar-refractivity contribution < 1.29 is 24.6 Å². The number of carboxylic acids is 2. The number of aliphatic carboxylic acids is 2. The van der Waals surface area contributed by atoms with Crippen molar-refractivity contribution in [3.63, 3.8) is 0 Å². The number of hydrogen-bond acceptors (Lipinski definition) is 10. The van der Waals surface area contributed by atoms with Crippen molar-refractivity contribution in [2.75, 3.05) is 22.9 Å². The standard InChI is InChI=1S/C26H26N8O6/c27-26-33-21-20(23(36)34-26)31-18(13-30-21)12-29-17-8-6-14(7-9-17)22(35)32-19(25(39)40)10-15(24(37)38)11-28-16-4-2-1-3-5-16/h1-9,13,15,19,28-29H,10-12H2,(H,32,35)(H,37,38)(H,39,40)(H3,27,30,33,34,36)/t15?,19-/m0/s1. The van der Waals surface area contributed by atoms with Gasteiger partial charge in [-0.3, -0.25) is 19.4 Å². The molecule has 2 atom stereocenters. The van der Waals surface area contributed by atoms with Crippen LogP contribution in [0, 0.1) is 5.92 Å². The lowest BCUT2D eigenvalue weighted by molar-refractivity contribution is -0.143. The molecule has 14 heteroatoms. The Kier molecular flexibility index (Phi) is 8.49. The Labute approximate surface area is 226 Å². The first kappa shape index (κ1) is 27.5. The highest BCUT2D eigenvalue weighted by atomic mass is 16.4. The molecule has 4 rings (SSSR count). The van der Waals surface area contributed by atoms with E-state index in [-0.39, 0.29) is 42.2 Å². The van der Waals surface area contributed by atoms with Crippen LogP contribution >= 0.6 is 0 Å². The average Bonchev–Trinajstić information content (AvgIpc) is 2.94. The van der Waals surface area contributed by atoms with Crippen molar-refractivity contribution in [2.24, 2.45) is 5.92 Å². The van der Waals surface area contributed by atoms with E-state index in [4.69, 9.17) is 5.73 Å². The van der Waals surface area contributed by atoms with Crippen LogP contribution < -0.4 is 27.2 Å². The third kappa shape index (κ3) is 7.06. The van der Waals surface area contributed by atoms with E-state index in [1.165, 1.54) is 18.3 Å². The zero-order valence-corrected chi connectivity index (χ0v) is 21.0. The highest BCUT2D eigenvalue weighted by Crippen LogP contribution is 2.15. The molecule has 0 fully saturated rings. The van der Waals surface area contributed by atoms with Gasteiger partial charge in [0.25, 0.3) is 11.5 Å². The fourth-order valence-corrected chi connectivity index (χ4v) is 3.80. The first-order valence-corrected chi connectivity index (χ1v) is 12.1. The van der Waals surface area contributed by atoms with Gasteiger partial charge in [0.1, 0.15) is 6.04 Å². The van der Waals surface area contributed by atoms with Gasteiger partial charge in [0.15, 0.2) is 11.2 Å². The Morgan fingerprint density at radius 1 is 0.925 bits per heavy atom. The van der Waals surface area contributed by atoms with Crippen LogP contribution in [-0.2, 0) is 16.1 Å². The van der Waals surface area contributed by atoms with E-state index in [1.807, 2.05) is 6.07 Å². The summed E-state index contributed by atoms with van der Waals surface area (Å²) < 4.78 is 0. The zero-order chi connectivity index (χ0) is 28.6. The fourth-order valence-electron chi connectivity index (χ4n) is 3.80. The molecule has 206 valence electrons. The highest BCUT2D eigenvalue weighted by Gasteiger charge is 2.28. The topological polar surface area (TPSA) is 225 Å². The molecule has 0 aliphatic heterocycles. The molecule has 1 unspecified atom stereocenters. The van der Waals surface area contributed by atoms with E-state index in [2.05, 4.69) is 35.9 Å². The number of para-hydroxylation sites is 1. The Morgan fingerprint density at radius 2 is 1.62 bits per heavy atom. The van der Waals surface area contributed by atoms with Crippen LogP contribution in [0.2, 0.25) is 0 Å². The number of rotatable bonds is 12. The number of carboxylic acid groups (broad SMARTS) is 2. The maximum atomic E-state index is 12.7. The molecule has 0 saturated carbocycles. The molecule has 4 aromatic rings. The predicted octanol–water partition coefficient (Wildman–Crippen LogP) is 1.29. The largest absolute Gasteiger partial charge is 0.481 e. The molecule has 1 amide bonds. The molecular formula is C26H26N8O6. The number of carbonyl (C=O) groups excluding carboxylic acids is 1. The van der Waals surface area contributed by atoms with Gasteiger partial charge in [0.2, 0.25) is 5.95 Å². The Hall–Kier alpha value is -5.53. The van der Waals surface area contributed by atoms with E-state index in [0.717, 1.165) is 0 Å². The van der Waals surface area contributed by atoms with Crippen LogP contribution in [0.15, 0.2) is 65.6 Å². The zero-order valence-electron chi connectivity index (χ0n) is 21.0. The molecule has 2 aromatic heterocycles. The van der Waals surface area contributed by atoms with Crippen molar-refractivity contribution in [3.8, 4) is 0 Å². The lowest BCUT2D eigenvalue weighted by atomic mass is 9.99. The van der Waals surface area contributed by atoms with E-state index in [0.29, 0.717) is 17.1 Å². The van der Waals surface area contributed by atoms with Crippen LogP contribution in [0.3, 0.4) is 0 Å². The number of hydrogen-bond donors (Lipinski definition) is 7. The summed E-state index contributed by atoms with van der Waals surface area (Å²) >= 11 is 0. The molecule has 2 aromatic carbocycles. The maximum absolute atomic E-state index is 12.7. The molecular weight excluding hydrogens is 520 g/mol. The Morgan fingerprint density at radius 3 is 2.30 bits per heavy atom. The first-order chi connectivity index (χ1) is 19.2. The smallest absolute Gasteiger partial charge is 0.326 e. The fraction of sp³-hybridized carbons (Fsp3) is 0.192. The van der Waals surface area contributed by atoms with Crippen molar-refractivity contribution in [1.82, 2.24) is 25.3 Å². The minimum Gasteiger partial charge on any atom is -0.481 e. The molecule has 0 spiro atoms. The third-order valence-corrected chi connectivity index (χ3v) is 5.91. The normalized spacial score (nSPS) is 12.3. The lowest BCUT2D eigenvalue weighted by Crippen LogP contribution is -2.44. The summed E-state index contributed by atoms with van der Waals surface area (Å²) in [4.78, 5) is 62.9. The van der Waals surface area contributed by atoms with Crippen molar-refractivity contribution in [3.05, 3.63) is 82.4 Å². The number of nitrogens with one attached hydrogen (secondary N) is 4. The third-order valence-electron chi connectivity index (χ3n) is 5.91. The van der Waals surface area contributed by atoms with E-state index in [1.54, 1.807) is 36.4 Å². The number of carbonyl (C=O) groups is 3. The van der Waals surface area contributed by atoms with Gasteiger partial charge in [-0.2, -0.15) is 4.98 Å². The van der Waals surface area contributed by atoms with Crippen LogP contribution in [-0.4, -0.2) is 60.6 Å². The SMILES string of the molecule is Nc1nc2ncc(CNc3ccc(C(=O)N[C@@H](CC(CNc4ccccc4)C(=O)O)C(=O)O)cc3)nc2c(=O)[nH]1. The Bertz CT molecular complexity index is 1580. The number of fused-ring (bicyclic) bond motifs is 1. The number of benzene rings is 2. The number of anilines is 3. The Balaban J connectivity index is 1.35. The molecule has 2 heterocycles. The van der Waals surface area contributed by atoms with Crippen LogP contribution in [0.5, 0.6) is 0 Å². The number of amides is 1. The molecule has 0 bridgehead atoms. The quantitative estimate of drug-likeness (QED) is 0.133. The van der Waals surface area contributed by atoms with Gasteiger partial charge < -0.3 is 31.9 Å². The summed E-state index contributed by atoms with van der Waals surface area (Å²) in [6.07, 6.45) is 1.14. The van der Waals surface area contributed by atoms with Gasteiger partial charge in [-0.05, 0) is 42.8 Å². The predicted molar refractivity (Wildman–Crippen MR) is 146 cm³/mol. The maximum Gasteiger partial charge on any atom is 0.326 e. The second-order valence-corrected chi connectivity index (χ2v) is 8.80. The summed E-state index contributed by atoms with van der Waals surface area (Å²) in [7, 11) is 0. The molecule has 8 N–H and O–H groups in total. The summed E-state index contributed by atoms with van der Waals surface area (Å²) in [6, 6.07) is 13.7. The van der Waals surface area contributed by atoms with Crippen LogP contribution in [0.4, 0.5) is 17.3 Å². The molecule has 40 heavy (non-hydrogen) atoms. The molecule has 0 radical (unpaired) electrons. The monoisotopic (exact) mass is 546 g/mol. The van der Waals surface area contributed by atoms with Crippen molar-refractivity contribution in [1.29, 1.82) is 0 Å². The van der Waals surface area contributed by atoms with Gasteiger partial charge in [0, 0.05) is 23.5 Å². The first-order valence-electron chi connectivity index (χ1n) is 12.1. The number of aromatic amines is 1. The number of nitrogens with two attached hydrogens (primary N) is 1.